The first kappa shape index (κ1) is 8.99. The van der Waals surface area contributed by atoms with E-state index in [2.05, 4.69) is 4.74 Å². The van der Waals surface area contributed by atoms with E-state index >= 15 is 0 Å². The minimum absolute atomic E-state index is 0.131. The van der Waals surface area contributed by atoms with Crippen LogP contribution in [0.1, 0.15) is 19.1 Å². The number of furan rings is 1. The van der Waals surface area contributed by atoms with Crippen molar-refractivity contribution in [2.24, 2.45) is 5.41 Å². The highest BCUT2D eigenvalue weighted by Crippen LogP contribution is 2.34. The third kappa shape index (κ3) is 1.43. The molecule has 1 aliphatic rings. The second-order valence-electron chi connectivity index (χ2n) is 3.76. The van der Waals surface area contributed by atoms with Gasteiger partial charge >= 0.3 is 11.9 Å². The summed E-state index contributed by atoms with van der Waals surface area (Å²) in [4.78, 5) is 22.3. The van der Waals surface area contributed by atoms with Gasteiger partial charge in [-0.15, -0.1) is 0 Å². The molecule has 0 N–H and O–H groups in total. The second-order valence-corrected chi connectivity index (χ2v) is 3.76. The molecule has 1 aliphatic heterocycles. The van der Waals surface area contributed by atoms with Gasteiger partial charge in [-0.25, -0.2) is 0 Å². The Balaban J connectivity index is 2.17. The van der Waals surface area contributed by atoms with Gasteiger partial charge in [0.15, 0.2) is 0 Å². The van der Waals surface area contributed by atoms with E-state index in [4.69, 9.17) is 4.42 Å². The van der Waals surface area contributed by atoms with Crippen LogP contribution in [0, 0.1) is 5.41 Å². The maximum atomic E-state index is 11.3. The van der Waals surface area contributed by atoms with Crippen molar-refractivity contribution in [1.82, 2.24) is 0 Å². The summed E-state index contributed by atoms with van der Waals surface area (Å²) in [6, 6.07) is 3.53. The van der Waals surface area contributed by atoms with Gasteiger partial charge in [0.2, 0.25) is 0 Å². The minimum atomic E-state index is -0.755. The maximum absolute atomic E-state index is 11.3. The van der Waals surface area contributed by atoms with Crippen molar-refractivity contribution in [2.75, 3.05) is 0 Å². The van der Waals surface area contributed by atoms with Gasteiger partial charge in [0.05, 0.1) is 18.1 Å². The predicted octanol–water partition coefficient (Wildman–Crippen LogP) is 1.30. The van der Waals surface area contributed by atoms with Crippen molar-refractivity contribution in [3.63, 3.8) is 0 Å². The fraction of sp³-hybridized carbons (Fsp3) is 0.400. The summed E-state index contributed by atoms with van der Waals surface area (Å²) >= 11 is 0. The van der Waals surface area contributed by atoms with E-state index in [-0.39, 0.29) is 6.42 Å². The zero-order valence-corrected chi connectivity index (χ0v) is 7.78. The van der Waals surface area contributed by atoms with E-state index in [0.717, 1.165) is 0 Å². The summed E-state index contributed by atoms with van der Waals surface area (Å²) in [5.74, 6) is -0.220. The van der Waals surface area contributed by atoms with Gasteiger partial charge in [0.1, 0.15) is 5.76 Å². The SMILES string of the molecule is CC1(Cc2ccco2)CC(=O)OC1=O. The highest BCUT2D eigenvalue weighted by Gasteiger charge is 2.45. The quantitative estimate of drug-likeness (QED) is 0.526. The van der Waals surface area contributed by atoms with Gasteiger partial charge in [-0.05, 0) is 19.1 Å². The van der Waals surface area contributed by atoms with Gasteiger partial charge in [-0.2, -0.15) is 0 Å². The van der Waals surface area contributed by atoms with Crippen molar-refractivity contribution in [1.29, 1.82) is 0 Å². The summed E-state index contributed by atoms with van der Waals surface area (Å²) < 4.78 is 9.63. The van der Waals surface area contributed by atoms with E-state index in [1.54, 1.807) is 25.3 Å². The Morgan fingerprint density at radius 3 is 2.79 bits per heavy atom. The molecular weight excluding hydrogens is 184 g/mol. The van der Waals surface area contributed by atoms with Gasteiger partial charge < -0.3 is 9.15 Å². The molecule has 2 heterocycles. The Kier molecular flexibility index (Phi) is 1.91. The van der Waals surface area contributed by atoms with Crippen molar-refractivity contribution in [3.05, 3.63) is 24.2 Å². The fourth-order valence-electron chi connectivity index (χ4n) is 1.59. The first-order valence-corrected chi connectivity index (χ1v) is 4.38. The van der Waals surface area contributed by atoms with Gasteiger partial charge in [-0.3, -0.25) is 9.59 Å². The average molecular weight is 194 g/mol. The van der Waals surface area contributed by atoms with Crippen LogP contribution in [-0.2, 0) is 20.7 Å². The van der Waals surface area contributed by atoms with E-state index < -0.39 is 17.4 Å². The van der Waals surface area contributed by atoms with Crippen LogP contribution in [0.15, 0.2) is 22.8 Å². The van der Waals surface area contributed by atoms with Crippen LogP contribution >= 0.6 is 0 Å². The summed E-state index contributed by atoms with van der Waals surface area (Å²) in [6.45, 7) is 1.71. The van der Waals surface area contributed by atoms with Crippen LogP contribution in [0.3, 0.4) is 0 Å². The van der Waals surface area contributed by atoms with Crippen molar-refractivity contribution in [2.45, 2.75) is 19.8 Å². The molecule has 1 atom stereocenters. The van der Waals surface area contributed by atoms with Gasteiger partial charge in [0, 0.05) is 6.42 Å². The molecule has 74 valence electrons. The number of carbonyl (C=O) groups excluding carboxylic acids is 2. The topological polar surface area (TPSA) is 56.5 Å². The molecule has 1 aromatic heterocycles. The van der Waals surface area contributed by atoms with Gasteiger partial charge in [0.25, 0.3) is 0 Å². The Morgan fingerprint density at radius 2 is 2.29 bits per heavy atom. The molecule has 0 aromatic carbocycles. The molecular formula is C10H10O4. The molecule has 1 aromatic rings. The molecule has 14 heavy (non-hydrogen) atoms. The lowest BCUT2D eigenvalue weighted by Crippen LogP contribution is -2.24. The lowest BCUT2D eigenvalue weighted by atomic mass is 9.84. The molecule has 2 rings (SSSR count). The molecule has 0 saturated carbocycles. The number of cyclic esters (lactones) is 2. The molecule has 0 radical (unpaired) electrons. The number of hydrogen-bond acceptors (Lipinski definition) is 4. The number of esters is 2. The second kappa shape index (κ2) is 2.97. The zero-order valence-electron chi connectivity index (χ0n) is 7.78. The number of ether oxygens (including phenoxy) is 1. The Morgan fingerprint density at radius 1 is 1.50 bits per heavy atom. The molecule has 0 bridgehead atoms. The molecule has 1 fully saturated rings. The first-order valence-electron chi connectivity index (χ1n) is 4.38. The highest BCUT2D eigenvalue weighted by molar-refractivity contribution is 5.97. The van der Waals surface area contributed by atoms with Crippen molar-refractivity contribution >= 4 is 11.9 Å². The van der Waals surface area contributed by atoms with E-state index in [0.29, 0.717) is 12.2 Å². The van der Waals surface area contributed by atoms with Crippen LogP contribution in [-0.4, -0.2) is 11.9 Å². The highest BCUT2D eigenvalue weighted by atomic mass is 16.6. The Hall–Kier alpha value is -1.58. The molecule has 0 spiro atoms. The average Bonchev–Trinajstić information content (AvgIpc) is 2.62. The van der Waals surface area contributed by atoms with Crippen LogP contribution in [0.2, 0.25) is 0 Å². The summed E-state index contributed by atoms with van der Waals surface area (Å²) in [5.41, 5.74) is -0.755. The van der Waals surface area contributed by atoms with E-state index in [1.807, 2.05) is 0 Å². The maximum Gasteiger partial charge on any atom is 0.320 e. The van der Waals surface area contributed by atoms with E-state index in [9.17, 15) is 9.59 Å². The largest absolute Gasteiger partial charge is 0.469 e. The van der Waals surface area contributed by atoms with Crippen LogP contribution in [0.5, 0.6) is 0 Å². The predicted molar refractivity (Wildman–Crippen MR) is 46.2 cm³/mol. The fourth-order valence-corrected chi connectivity index (χ4v) is 1.59. The molecule has 0 amide bonds. The van der Waals surface area contributed by atoms with Crippen LogP contribution in [0.4, 0.5) is 0 Å². The number of carbonyl (C=O) groups is 2. The summed E-state index contributed by atoms with van der Waals surface area (Å²) in [7, 11) is 0. The van der Waals surface area contributed by atoms with Crippen LogP contribution in [0.25, 0.3) is 0 Å². The molecule has 0 aliphatic carbocycles. The number of hydrogen-bond donors (Lipinski definition) is 0. The Labute approximate surface area is 80.8 Å². The first-order chi connectivity index (χ1) is 6.60. The Bertz CT molecular complexity index is 365. The normalized spacial score (nSPS) is 26.6. The van der Waals surface area contributed by atoms with Crippen molar-refractivity contribution < 1.29 is 18.7 Å². The monoisotopic (exact) mass is 194 g/mol. The summed E-state index contributed by atoms with van der Waals surface area (Å²) in [5, 5.41) is 0. The lowest BCUT2D eigenvalue weighted by Gasteiger charge is -2.15. The van der Waals surface area contributed by atoms with Crippen molar-refractivity contribution in [3.8, 4) is 0 Å². The third-order valence-corrected chi connectivity index (χ3v) is 2.38. The van der Waals surface area contributed by atoms with Gasteiger partial charge in [-0.1, -0.05) is 0 Å². The smallest absolute Gasteiger partial charge is 0.320 e. The molecule has 4 nitrogen and oxygen atoms in total. The summed E-state index contributed by atoms with van der Waals surface area (Å²) in [6.07, 6.45) is 2.08. The zero-order chi connectivity index (χ0) is 10.2. The van der Waals surface area contributed by atoms with Crippen LogP contribution < -0.4 is 0 Å². The standard InChI is InChI=1S/C10H10O4/c1-10(5-7-3-2-4-13-7)6-8(11)14-9(10)12/h2-4H,5-6H2,1H3. The molecule has 4 heteroatoms. The van der Waals surface area contributed by atoms with E-state index in [1.165, 1.54) is 0 Å². The number of rotatable bonds is 2. The molecule has 1 saturated heterocycles. The lowest BCUT2D eigenvalue weighted by molar-refractivity contribution is -0.154. The molecule has 1 unspecified atom stereocenters. The third-order valence-electron chi connectivity index (χ3n) is 2.38. The minimum Gasteiger partial charge on any atom is -0.469 e.